The molecule has 1 saturated heterocycles. The molecule has 1 heterocycles. The Balaban J connectivity index is 1.82. The minimum absolute atomic E-state index is 0.0677. The molecular formula is C21H34N2O2. The van der Waals surface area contributed by atoms with Crippen molar-refractivity contribution >= 4 is 5.91 Å². The number of hydrogen-bond donors (Lipinski definition) is 1. The van der Waals surface area contributed by atoms with Crippen molar-refractivity contribution in [3.8, 4) is 0 Å². The molecule has 0 spiro atoms. The van der Waals surface area contributed by atoms with Gasteiger partial charge in [-0.1, -0.05) is 23.8 Å². The summed E-state index contributed by atoms with van der Waals surface area (Å²) < 4.78 is 5.82. The van der Waals surface area contributed by atoms with Gasteiger partial charge in [0.1, 0.15) is 0 Å². The smallest absolute Gasteiger partial charge is 0.220 e. The fourth-order valence-corrected chi connectivity index (χ4v) is 3.56. The monoisotopic (exact) mass is 346 g/mol. The standard InChI is InChI=1S/C21H34N2O2/c1-15-7-8-19(16(2)11-15)9-10-20(24)22-14-21(5,6)23-12-17(3)25-18(4)13-23/h7-8,11,17-18H,9-10,12-14H2,1-6H3,(H,22,24)/t17-,18-/m1/s1. The van der Waals surface area contributed by atoms with Crippen molar-refractivity contribution < 1.29 is 9.53 Å². The van der Waals surface area contributed by atoms with Gasteiger partial charge in [-0.25, -0.2) is 0 Å². The predicted molar refractivity (Wildman–Crippen MR) is 103 cm³/mol. The van der Waals surface area contributed by atoms with Gasteiger partial charge in [0.15, 0.2) is 0 Å². The Morgan fingerprint density at radius 2 is 1.88 bits per heavy atom. The molecule has 0 bridgehead atoms. The summed E-state index contributed by atoms with van der Waals surface area (Å²) in [6.45, 7) is 15.3. The molecule has 4 nitrogen and oxygen atoms in total. The highest BCUT2D eigenvalue weighted by atomic mass is 16.5. The molecule has 1 amide bonds. The lowest BCUT2D eigenvalue weighted by Gasteiger charge is -2.45. The number of nitrogens with zero attached hydrogens (tertiary/aromatic N) is 1. The largest absolute Gasteiger partial charge is 0.373 e. The molecule has 4 heteroatoms. The summed E-state index contributed by atoms with van der Waals surface area (Å²) >= 11 is 0. The first kappa shape index (κ1) is 19.9. The maximum absolute atomic E-state index is 12.3. The van der Waals surface area contributed by atoms with Crippen LogP contribution in [-0.2, 0) is 16.0 Å². The lowest BCUT2D eigenvalue weighted by molar-refractivity contribution is -0.122. The highest BCUT2D eigenvalue weighted by molar-refractivity contribution is 5.76. The van der Waals surface area contributed by atoms with Crippen LogP contribution in [0.1, 0.15) is 50.8 Å². The van der Waals surface area contributed by atoms with E-state index in [0.29, 0.717) is 13.0 Å². The van der Waals surface area contributed by atoms with Gasteiger partial charge in [-0.3, -0.25) is 9.69 Å². The van der Waals surface area contributed by atoms with Crippen molar-refractivity contribution in [3.63, 3.8) is 0 Å². The van der Waals surface area contributed by atoms with Crippen molar-refractivity contribution in [1.82, 2.24) is 10.2 Å². The first-order chi connectivity index (χ1) is 11.7. The third-order valence-corrected chi connectivity index (χ3v) is 5.11. The SMILES string of the molecule is Cc1ccc(CCC(=O)NCC(C)(C)N2C[C@@H](C)O[C@H](C)C2)c(C)c1. The third kappa shape index (κ3) is 5.82. The fourth-order valence-electron chi connectivity index (χ4n) is 3.56. The maximum Gasteiger partial charge on any atom is 0.220 e. The second-order valence-electron chi connectivity index (χ2n) is 8.18. The molecule has 2 rings (SSSR count). The minimum Gasteiger partial charge on any atom is -0.373 e. The summed E-state index contributed by atoms with van der Waals surface area (Å²) in [5.74, 6) is 0.127. The Morgan fingerprint density at radius 3 is 2.48 bits per heavy atom. The summed E-state index contributed by atoms with van der Waals surface area (Å²) in [6.07, 6.45) is 1.81. The number of morpholine rings is 1. The Kier molecular flexibility index (Phi) is 6.64. The summed E-state index contributed by atoms with van der Waals surface area (Å²) in [5, 5.41) is 3.13. The van der Waals surface area contributed by atoms with Crippen LogP contribution in [-0.4, -0.2) is 48.2 Å². The number of aryl methyl sites for hydroxylation is 3. The van der Waals surface area contributed by atoms with Gasteiger partial charge < -0.3 is 10.1 Å². The lowest BCUT2D eigenvalue weighted by Crippen LogP contribution is -2.58. The van der Waals surface area contributed by atoms with Crippen LogP contribution < -0.4 is 5.32 Å². The zero-order chi connectivity index (χ0) is 18.6. The number of ether oxygens (including phenoxy) is 1. The van der Waals surface area contributed by atoms with Crippen LogP contribution in [0.25, 0.3) is 0 Å². The molecule has 140 valence electrons. The van der Waals surface area contributed by atoms with Gasteiger partial charge in [0, 0.05) is 31.6 Å². The molecule has 25 heavy (non-hydrogen) atoms. The quantitative estimate of drug-likeness (QED) is 0.860. The summed E-state index contributed by atoms with van der Waals surface area (Å²) in [7, 11) is 0. The Labute approximate surface area is 152 Å². The Hall–Kier alpha value is -1.39. The Bertz CT molecular complexity index is 588. The van der Waals surface area contributed by atoms with Crippen molar-refractivity contribution in [3.05, 3.63) is 34.9 Å². The van der Waals surface area contributed by atoms with Crippen molar-refractivity contribution in [1.29, 1.82) is 0 Å². The number of carbonyl (C=O) groups excluding carboxylic acids is 1. The van der Waals surface area contributed by atoms with E-state index in [1.165, 1.54) is 16.7 Å². The zero-order valence-electron chi connectivity index (χ0n) is 16.7. The molecule has 0 aliphatic carbocycles. The van der Waals surface area contributed by atoms with Gasteiger partial charge in [-0.05, 0) is 59.1 Å². The molecule has 1 aromatic carbocycles. The van der Waals surface area contributed by atoms with E-state index in [2.05, 4.69) is 70.0 Å². The van der Waals surface area contributed by atoms with Gasteiger partial charge >= 0.3 is 0 Å². The summed E-state index contributed by atoms with van der Waals surface area (Å²) in [5.41, 5.74) is 3.73. The molecule has 1 aliphatic heterocycles. The van der Waals surface area contributed by atoms with Crippen molar-refractivity contribution in [2.75, 3.05) is 19.6 Å². The predicted octanol–water partition coefficient (Wildman–Crippen LogP) is 3.24. The molecule has 1 fully saturated rings. The van der Waals surface area contributed by atoms with E-state index in [0.717, 1.165) is 19.5 Å². The van der Waals surface area contributed by atoms with Gasteiger partial charge in [-0.15, -0.1) is 0 Å². The van der Waals surface area contributed by atoms with Gasteiger partial charge in [0.05, 0.1) is 12.2 Å². The normalized spacial score (nSPS) is 22.0. The van der Waals surface area contributed by atoms with Crippen LogP contribution in [0.5, 0.6) is 0 Å². The molecule has 0 radical (unpaired) electrons. The first-order valence-electron chi connectivity index (χ1n) is 9.41. The topological polar surface area (TPSA) is 41.6 Å². The van der Waals surface area contributed by atoms with E-state index < -0.39 is 0 Å². The average Bonchev–Trinajstić information content (AvgIpc) is 2.51. The molecular weight excluding hydrogens is 312 g/mol. The Morgan fingerprint density at radius 1 is 1.24 bits per heavy atom. The summed E-state index contributed by atoms with van der Waals surface area (Å²) in [6, 6.07) is 6.43. The van der Waals surface area contributed by atoms with Crippen LogP contribution in [0.3, 0.4) is 0 Å². The molecule has 0 saturated carbocycles. The zero-order valence-corrected chi connectivity index (χ0v) is 16.7. The number of nitrogens with one attached hydrogen (secondary N) is 1. The average molecular weight is 347 g/mol. The fraction of sp³-hybridized carbons (Fsp3) is 0.667. The van der Waals surface area contributed by atoms with Gasteiger partial charge in [0.25, 0.3) is 0 Å². The van der Waals surface area contributed by atoms with E-state index in [-0.39, 0.29) is 23.7 Å². The van der Waals surface area contributed by atoms with Crippen LogP contribution in [0.4, 0.5) is 0 Å². The second kappa shape index (κ2) is 8.33. The molecule has 1 aromatic rings. The van der Waals surface area contributed by atoms with E-state index in [1.807, 2.05) is 0 Å². The summed E-state index contributed by atoms with van der Waals surface area (Å²) in [4.78, 5) is 14.7. The number of benzene rings is 1. The molecule has 1 aliphatic rings. The highest BCUT2D eigenvalue weighted by Gasteiger charge is 2.33. The minimum atomic E-state index is -0.0677. The van der Waals surface area contributed by atoms with Crippen molar-refractivity contribution in [2.45, 2.75) is 72.1 Å². The highest BCUT2D eigenvalue weighted by Crippen LogP contribution is 2.20. The number of amides is 1. The van der Waals surface area contributed by atoms with E-state index in [9.17, 15) is 4.79 Å². The molecule has 0 aromatic heterocycles. The number of carbonyl (C=O) groups is 1. The molecule has 1 N–H and O–H groups in total. The third-order valence-electron chi connectivity index (χ3n) is 5.11. The van der Waals surface area contributed by atoms with Crippen LogP contribution in [0.15, 0.2) is 18.2 Å². The van der Waals surface area contributed by atoms with E-state index >= 15 is 0 Å². The van der Waals surface area contributed by atoms with Crippen LogP contribution >= 0.6 is 0 Å². The maximum atomic E-state index is 12.3. The lowest BCUT2D eigenvalue weighted by atomic mass is 9.99. The van der Waals surface area contributed by atoms with Gasteiger partial charge in [-0.2, -0.15) is 0 Å². The van der Waals surface area contributed by atoms with Gasteiger partial charge in [0.2, 0.25) is 5.91 Å². The number of hydrogen-bond acceptors (Lipinski definition) is 3. The van der Waals surface area contributed by atoms with E-state index in [4.69, 9.17) is 4.74 Å². The van der Waals surface area contributed by atoms with E-state index in [1.54, 1.807) is 0 Å². The van der Waals surface area contributed by atoms with Crippen LogP contribution in [0, 0.1) is 13.8 Å². The molecule has 0 unspecified atom stereocenters. The first-order valence-corrected chi connectivity index (χ1v) is 9.41. The number of rotatable bonds is 6. The molecule has 2 atom stereocenters. The van der Waals surface area contributed by atoms with Crippen molar-refractivity contribution in [2.24, 2.45) is 0 Å². The van der Waals surface area contributed by atoms with Crippen LogP contribution in [0.2, 0.25) is 0 Å². The second-order valence-corrected chi connectivity index (χ2v) is 8.18.